The predicted octanol–water partition coefficient (Wildman–Crippen LogP) is 1.26. The average Bonchev–Trinajstić information content (AvgIpc) is 2.93. The number of amides is 1. The van der Waals surface area contributed by atoms with Crippen LogP contribution in [-0.2, 0) is 4.74 Å². The third-order valence-electron chi connectivity index (χ3n) is 3.23. The summed E-state index contributed by atoms with van der Waals surface area (Å²) >= 11 is 0. The Balaban J connectivity index is 1.91. The highest BCUT2D eigenvalue weighted by Gasteiger charge is 2.34. The van der Waals surface area contributed by atoms with Gasteiger partial charge in [-0.3, -0.25) is 4.79 Å². The number of hydrogen-bond donors (Lipinski definition) is 0. The van der Waals surface area contributed by atoms with E-state index < -0.39 is 29.3 Å². The van der Waals surface area contributed by atoms with Gasteiger partial charge in [0.25, 0.3) is 11.8 Å². The van der Waals surface area contributed by atoms with E-state index >= 15 is 0 Å². The maximum absolute atomic E-state index is 13.8. The van der Waals surface area contributed by atoms with Crippen molar-refractivity contribution in [1.29, 1.82) is 0 Å². The largest absolute Gasteiger partial charge is 0.377 e. The molecular weight excluding hydrogens is 298 g/mol. The van der Waals surface area contributed by atoms with Crippen LogP contribution in [-0.4, -0.2) is 45.7 Å². The number of nitrogens with zero attached hydrogens (tertiary/aromatic N) is 4. The average molecular weight is 310 g/mol. The summed E-state index contributed by atoms with van der Waals surface area (Å²) in [6.07, 6.45) is 0.794. The second-order valence-electron chi connectivity index (χ2n) is 4.75. The van der Waals surface area contributed by atoms with Crippen LogP contribution in [0.4, 0.5) is 8.78 Å². The lowest BCUT2D eigenvalue weighted by Crippen LogP contribution is -2.44. The molecule has 0 aliphatic carbocycles. The van der Waals surface area contributed by atoms with Crippen LogP contribution in [0.5, 0.6) is 0 Å². The van der Waals surface area contributed by atoms with Crippen LogP contribution >= 0.6 is 0 Å². The second kappa shape index (κ2) is 5.76. The molecule has 2 aromatic heterocycles. The molecule has 3 rings (SSSR count). The van der Waals surface area contributed by atoms with Gasteiger partial charge in [-0.1, -0.05) is 5.16 Å². The predicted molar refractivity (Wildman–Crippen MR) is 67.8 cm³/mol. The van der Waals surface area contributed by atoms with Crippen molar-refractivity contribution in [3.8, 4) is 0 Å². The van der Waals surface area contributed by atoms with Gasteiger partial charge in [0.1, 0.15) is 11.9 Å². The third-order valence-corrected chi connectivity index (χ3v) is 3.23. The van der Waals surface area contributed by atoms with E-state index in [9.17, 15) is 13.6 Å². The number of morpholine rings is 1. The van der Waals surface area contributed by atoms with Crippen LogP contribution in [0.15, 0.2) is 16.8 Å². The lowest BCUT2D eigenvalue weighted by Gasteiger charge is -2.33. The zero-order chi connectivity index (χ0) is 15.7. The van der Waals surface area contributed by atoms with Crippen LogP contribution in [0.2, 0.25) is 0 Å². The second-order valence-corrected chi connectivity index (χ2v) is 4.75. The molecule has 2 aromatic rings. The first kappa shape index (κ1) is 14.5. The summed E-state index contributed by atoms with van der Waals surface area (Å²) in [6.45, 7) is 2.29. The van der Waals surface area contributed by atoms with Crippen LogP contribution in [0.1, 0.15) is 28.2 Å². The maximum Gasteiger partial charge on any atom is 0.276 e. The Kier molecular flexibility index (Phi) is 3.80. The van der Waals surface area contributed by atoms with E-state index in [-0.39, 0.29) is 25.6 Å². The fourth-order valence-corrected chi connectivity index (χ4v) is 2.21. The van der Waals surface area contributed by atoms with Gasteiger partial charge in [0.05, 0.1) is 19.4 Å². The number of aryl methyl sites for hydroxylation is 1. The number of ether oxygens (including phenoxy) is 1. The van der Waals surface area contributed by atoms with Crippen molar-refractivity contribution in [2.45, 2.75) is 13.0 Å². The molecule has 1 amide bonds. The molecule has 7 nitrogen and oxygen atoms in total. The maximum atomic E-state index is 13.8. The molecule has 1 fully saturated rings. The van der Waals surface area contributed by atoms with Gasteiger partial charge in [0.15, 0.2) is 17.3 Å². The molecule has 0 bridgehead atoms. The Morgan fingerprint density at radius 1 is 1.45 bits per heavy atom. The molecule has 3 heterocycles. The number of rotatable bonds is 2. The number of pyridine rings is 1. The number of hydrogen-bond acceptors (Lipinski definition) is 6. The fourth-order valence-electron chi connectivity index (χ4n) is 2.21. The minimum Gasteiger partial charge on any atom is -0.377 e. The van der Waals surface area contributed by atoms with E-state index in [1.807, 2.05) is 0 Å². The number of carbonyl (C=O) groups excluding carboxylic acids is 1. The number of carbonyl (C=O) groups is 1. The Bertz CT molecular complexity index is 706. The zero-order valence-corrected chi connectivity index (χ0v) is 11.6. The van der Waals surface area contributed by atoms with Crippen LogP contribution < -0.4 is 0 Å². The van der Waals surface area contributed by atoms with Crippen molar-refractivity contribution < 1.29 is 22.8 Å². The first-order chi connectivity index (χ1) is 10.6. The van der Waals surface area contributed by atoms with Gasteiger partial charge < -0.3 is 14.2 Å². The number of halogens is 2. The summed E-state index contributed by atoms with van der Waals surface area (Å²) in [5.41, 5.74) is -0.454. The fraction of sp³-hybridized carbons (Fsp3) is 0.385. The Hall–Kier alpha value is -2.42. The summed E-state index contributed by atoms with van der Waals surface area (Å²) < 4.78 is 37.0. The van der Waals surface area contributed by atoms with E-state index in [4.69, 9.17) is 9.26 Å². The Morgan fingerprint density at radius 3 is 2.95 bits per heavy atom. The molecule has 0 saturated carbocycles. The number of aromatic nitrogens is 3. The van der Waals surface area contributed by atoms with E-state index in [0.29, 0.717) is 11.9 Å². The lowest BCUT2D eigenvalue weighted by molar-refractivity contribution is -0.0124. The Labute approximate surface area is 123 Å². The van der Waals surface area contributed by atoms with Crippen molar-refractivity contribution in [3.05, 3.63) is 41.3 Å². The van der Waals surface area contributed by atoms with Gasteiger partial charge in [-0.2, -0.15) is 4.98 Å². The summed E-state index contributed by atoms with van der Waals surface area (Å²) in [5, 5.41) is 3.67. The smallest absolute Gasteiger partial charge is 0.276 e. The normalized spacial score (nSPS) is 18.5. The van der Waals surface area contributed by atoms with Gasteiger partial charge in [0.2, 0.25) is 0 Å². The van der Waals surface area contributed by atoms with Crippen molar-refractivity contribution in [3.63, 3.8) is 0 Å². The van der Waals surface area contributed by atoms with Crippen LogP contribution in [0, 0.1) is 18.6 Å². The molecule has 116 valence electrons. The molecule has 0 N–H and O–H groups in total. The highest BCUT2D eigenvalue weighted by Crippen LogP contribution is 2.25. The van der Waals surface area contributed by atoms with Crippen LogP contribution in [0.3, 0.4) is 0 Å². The third kappa shape index (κ3) is 2.67. The van der Waals surface area contributed by atoms with Crippen molar-refractivity contribution in [1.82, 2.24) is 20.0 Å². The minimum absolute atomic E-state index is 0.149. The molecule has 9 heteroatoms. The van der Waals surface area contributed by atoms with E-state index in [1.165, 1.54) is 4.90 Å². The quantitative estimate of drug-likeness (QED) is 0.831. The molecule has 1 aliphatic heterocycles. The monoisotopic (exact) mass is 310 g/mol. The summed E-state index contributed by atoms with van der Waals surface area (Å²) in [4.78, 5) is 21.4. The molecule has 0 spiro atoms. The Morgan fingerprint density at radius 2 is 2.27 bits per heavy atom. The van der Waals surface area contributed by atoms with Crippen molar-refractivity contribution in [2.75, 3.05) is 19.8 Å². The van der Waals surface area contributed by atoms with E-state index in [1.54, 1.807) is 6.92 Å². The van der Waals surface area contributed by atoms with Gasteiger partial charge in [0, 0.05) is 12.6 Å². The van der Waals surface area contributed by atoms with Crippen molar-refractivity contribution in [2.24, 2.45) is 0 Å². The molecule has 1 aliphatic rings. The van der Waals surface area contributed by atoms with Gasteiger partial charge in [-0.25, -0.2) is 13.8 Å². The lowest BCUT2D eigenvalue weighted by atomic mass is 10.2. The summed E-state index contributed by atoms with van der Waals surface area (Å²) in [6, 6.07) is -0.0132. The highest BCUT2D eigenvalue weighted by molar-refractivity contribution is 5.92. The first-order valence-electron chi connectivity index (χ1n) is 6.56. The standard InChI is InChI=1S/C13H12F2N4O3/c1-7-17-12(22-18-7)10-6-21-3-2-19(10)13(20)11-9(15)4-8(14)5-16-11/h4-5,10H,2-3,6H2,1H3/t10-/m1/s1. The highest BCUT2D eigenvalue weighted by atomic mass is 19.1. The topological polar surface area (TPSA) is 81.4 Å². The van der Waals surface area contributed by atoms with Gasteiger partial charge in [-0.05, 0) is 6.92 Å². The van der Waals surface area contributed by atoms with E-state index in [0.717, 1.165) is 6.20 Å². The summed E-state index contributed by atoms with van der Waals surface area (Å²) in [5.74, 6) is -1.93. The minimum atomic E-state index is -1.02. The molecule has 0 aromatic carbocycles. The molecule has 0 unspecified atom stereocenters. The molecule has 0 radical (unpaired) electrons. The SMILES string of the molecule is Cc1noc([C@H]2COCCN2C(=O)c2ncc(F)cc2F)n1. The molecular formula is C13H12F2N4O3. The van der Waals surface area contributed by atoms with Gasteiger partial charge in [-0.15, -0.1) is 0 Å². The first-order valence-corrected chi connectivity index (χ1v) is 6.56. The molecule has 22 heavy (non-hydrogen) atoms. The zero-order valence-electron chi connectivity index (χ0n) is 11.6. The van der Waals surface area contributed by atoms with Crippen molar-refractivity contribution >= 4 is 5.91 Å². The molecule has 1 atom stereocenters. The van der Waals surface area contributed by atoms with Gasteiger partial charge >= 0.3 is 0 Å². The summed E-state index contributed by atoms with van der Waals surface area (Å²) in [7, 11) is 0. The van der Waals surface area contributed by atoms with E-state index in [2.05, 4.69) is 15.1 Å². The van der Waals surface area contributed by atoms with Crippen LogP contribution in [0.25, 0.3) is 0 Å². The molecule has 1 saturated heterocycles.